The highest BCUT2D eigenvalue weighted by Crippen LogP contribution is 2.39. The SMILES string of the molecule is COc1ccc(C(C)C(=O)N2CCC(C(=O)O)(C(C)C)C2)cc1. The summed E-state index contributed by atoms with van der Waals surface area (Å²) in [5.74, 6) is -0.370. The molecule has 1 aromatic carbocycles. The van der Waals surface area contributed by atoms with Crippen molar-refractivity contribution in [2.45, 2.75) is 33.1 Å². The molecule has 23 heavy (non-hydrogen) atoms. The predicted octanol–water partition coefficient (Wildman–Crippen LogP) is 2.76. The number of amides is 1. The fourth-order valence-electron chi connectivity index (χ4n) is 3.22. The van der Waals surface area contributed by atoms with Crippen LogP contribution in [0.15, 0.2) is 24.3 Å². The highest BCUT2D eigenvalue weighted by Gasteiger charge is 2.48. The second kappa shape index (κ2) is 6.60. The number of carboxylic acids is 1. The zero-order chi connectivity index (χ0) is 17.2. The number of ether oxygens (including phenoxy) is 1. The minimum atomic E-state index is -0.824. The number of nitrogens with zero attached hydrogens (tertiary/aromatic N) is 1. The third-order valence-corrected chi connectivity index (χ3v) is 5.13. The van der Waals surface area contributed by atoms with Crippen molar-refractivity contribution in [3.8, 4) is 5.75 Å². The molecule has 1 aromatic rings. The van der Waals surface area contributed by atoms with E-state index in [9.17, 15) is 14.7 Å². The molecule has 1 heterocycles. The van der Waals surface area contributed by atoms with Gasteiger partial charge in [0.05, 0.1) is 18.4 Å². The van der Waals surface area contributed by atoms with E-state index >= 15 is 0 Å². The summed E-state index contributed by atoms with van der Waals surface area (Å²) in [7, 11) is 1.60. The van der Waals surface area contributed by atoms with E-state index in [-0.39, 0.29) is 17.7 Å². The topological polar surface area (TPSA) is 66.8 Å². The van der Waals surface area contributed by atoms with Gasteiger partial charge in [-0.3, -0.25) is 9.59 Å². The molecule has 2 atom stereocenters. The Morgan fingerprint density at radius 2 is 1.83 bits per heavy atom. The molecule has 0 spiro atoms. The highest BCUT2D eigenvalue weighted by atomic mass is 16.5. The van der Waals surface area contributed by atoms with Gasteiger partial charge in [-0.2, -0.15) is 0 Å². The fourth-order valence-corrected chi connectivity index (χ4v) is 3.22. The summed E-state index contributed by atoms with van der Waals surface area (Å²) in [5.41, 5.74) is 0.0862. The summed E-state index contributed by atoms with van der Waals surface area (Å²) in [6.45, 7) is 6.48. The molecule has 1 amide bonds. The molecule has 0 radical (unpaired) electrons. The Morgan fingerprint density at radius 3 is 2.26 bits per heavy atom. The maximum atomic E-state index is 12.7. The number of hydrogen-bond donors (Lipinski definition) is 1. The van der Waals surface area contributed by atoms with Crippen LogP contribution in [0.25, 0.3) is 0 Å². The largest absolute Gasteiger partial charge is 0.497 e. The number of rotatable bonds is 5. The molecular weight excluding hydrogens is 294 g/mol. The number of likely N-dealkylation sites (tertiary alicyclic amines) is 1. The molecule has 1 fully saturated rings. The van der Waals surface area contributed by atoms with Crippen molar-refractivity contribution in [2.75, 3.05) is 20.2 Å². The van der Waals surface area contributed by atoms with Gasteiger partial charge in [0.2, 0.25) is 5.91 Å². The first-order valence-corrected chi connectivity index (χ1v) is 7.98. The van der Waals surface area contributed by atoms with E-state index < -0.39 is 11.4 Å². The van der Waals surface area contributed by atoms with Crippen molar-refractivity contribution in [2.24, 2.45) is 11.3 Å². The molecular formula is C18H25NO4. The van der Waals surface area contributed by atoms with E-state index in [0.717, 1.165) is 11.3 Å². The first-order chi connectivity index (χ1) is 10.8. The maximum absolute atomic E-state index is 12.7. The summed E-state index contributed by atoms with van der Waals surface area (Å²) in [5, 5.41) is 9.60. The molecule has 1 aliphatic heterocycles. The Morgan fingerprint density at radius 1 is 1.22 bits per heavy atom. The van der Waals surface area contributed by atoms with Crippen LogP contribution in [0.1, 0.15) is 38.7 Å². The van der Waals surface area contributed by atoms with Gasteiger partial charge in [0, 0.05) is 13.1 Å². The first kappa shape index (κ1) is 17.3. The van der Waals surface area contributed by atoms with Crippen molar-refractivity contribution >= 4 is 11.9 Å². The van der Waals surface area contributed by atoms with Crippen molar-refractivity contribution in [3.63, 3.8) is 0 Å². The molecule has 0 saturated carbocycles. The molecule has 0 bridgehead atoms. The van der Waals surface area contributed by atoms with Crippen LogP contribution in [0.3, 0.4) is 0 Å². The summed E-state index contributed by atoms with van der Waals surface area (Å²) >= 11 is 0. The Bertz CT molecular complexity index is 581. The van der Waals surface area contributed by atoms with Crippen molar-refractivity contribution in [1.29, 1.82) is 0 Å². The Balaban J connectivity index is 2.13. The van der Waals surface area contributed by atoms with Crippen LogP contribution in [0.5, 0.6) is 5.75 Å². The second-order valence-electron chi connectivity index (χ2n) is 6.62. The molecule has 2 rings (SSSR count). The second-order valence-corrected chi connectivity index (χ2v) is 6.62. The smallest absolute Gasteiger partial charge is 0.311 e. The quantitative estimate of drug-likeness (QED) is 0.906. The predicted molar refractivity (Wildman–Crippen MR) is 87.5 cm³/mol. The summed E-state index contributed by atoms with van der Waals surface area (Å²) in [6.07, 6.45) is 0.515. The molecule has 1 saturated heterocycles. The van der Waals surface area contributed by atoms with Gasteiger partial charge in [-0.25, -0.2) is 0 Å². The molecule has 5 nitrogen and oxygen atoms in total. The molecule has 1 aliphatic rings. The molecule has 0 aliphatic carbocycles. The number of hydrogen-bond acceptors (Lipinski definition) is 3. The Hall–Kier alpha value is -2.04. The fraction of sp³-hybridized carbons (Fsp3) is 0.556. The summed E-state index contributed by atoms with van der Waals surface area (Å²) in [6, 6.07) is 7.42. The van der Waals surface area contributed by atoms with E-state index in [4.69, 9.17) is 4.74 Å². The molecule has 0 aromatic heterocycles. The van der Waals surface area contributed by atoms with E-state index in [0.29, 0.717) is 19.5 Å². The lowest BCUT2D eigenvalue weighted by atomic mass is 9.76. The number of methoxy groups -OCH3 is 1. The number of carboxylic acid groups (broad SMARTS) is 1. The van der Waals surface area contributed by atoms with Crippen LogP contribution in [0, 0.1) is 11.3 Å². The van der Waals surface area contributed by atoms with Gasteiger partial charge >= 0.3 is 5.97 Å². The van der Waals surface area contributed by atoms with Crippen LogP contribution in [0.4, 0.5) is 0 Å². The van der Waals surface area contributed by atoms with Crippen molar-refractivity contribution in [1.82, 2.24) is 4.90 Å². The standard InChI is InChI=1S/C18H25NO4/c1-12(2)18(17(21)22)9-10-19(11-18)16(20)13(3)14-5-7-15(23-4)8-6-14/h5-8,12-13H,9-11H2,1-4H3,(H,21,22). The minimum absolute atomic E-state index is 0.00547. The van der Waals surface area contributed by atoms with Gasteiger partial charge in [-0.1, -0.05) is 26.0 Å². The number of aliphatic carboxylic acids is 1. The van der Waals surface area contributed by atoms with Gasteiger partial charge in [0.15, 0.2) is 0 Å². The van der Waals surface area contributed by atoms with Crippen LogP contribution < -0.4 is 4.74 Å². The minimum Gasteiger partial charge on any atom is -0.497 e. The van der Waals surface area contributed by atoms with Gasteiger partial charge in [-0.05, 0) is 37.0 Å². The summed E-state index contributed by atoms with van der Waals surface area (Å²) < 4.78 is 5.13. The average molecular weight is 319 g/mol. The molecule has 1 N–H and O–H groups in total. The maximum Gasteiger partial charge on any atom is 0.311 e. The van der Waals surface area contributed by atoms with Crippen LogP contribution in [-0.2, 0) is 9.59 Å². The molecule has 5 heteroatoms. The van der Waals surface area contributed by atoms with Crippen LogP contribution in [0.2, 0.25) is 0 Å². The lowest BCUT2D eigenvalue weighted by molar-refractivity contribution is -0.151. The third kappa shape index (κ3) is 3.19. The number of carbonyl (C=O) groups excluding carboxylic acids is 1. The van der Waals surface area contributed by atoms with Crippen LogP contribution in [-0.4, -0.2) is 42.1 Å². The van der Waals surface area contributed by atoms with E-state index in [2.05, 4.69) is 0 Å². The van der Waals surface area contributed by atoms with Gasteiger partial charge in [0.25, 0.3) is 0 Å². The lowest BCUT2D eigenvalue weighted by Gasteiger charge is -2.29. The van der Waals surface area contributed by atoms with E-state index in [1.165, 1.54) is 0 Å². The zero-order valence-corrected chi connectivity index (χ0v) is 14.2. The third-order valence-electron chi connectivity index (χ3n) is 5.13. The van der Waals surface area contributed by atoms with Crippen molar-refractivity contribution in [3.05, 3.63) is 29.8 Å². The van der Waals surface area contributed by atoms with Gasteiger partial charge in [0.1, 0.15) is 5.75 Å². The Labute approximate surface area is 137 Å². The number of carbonyl (C=O) groups is 2. The van der Waals surface area contributed by atoms with Gasteiger partial charge < -0.3 is 14.7 Å². The van der Waals surface area contributed by atoms with E-state index in [1.807, 2.05) is 45.0 Å². The zero-order valence-electron chi connectivity index (χ0n) is 14.2. The van der Waals surface area contributed by atoms with Gasteiger partial charge in [-0.15, -0.1) is 0 Å². The normalized spacial score (nSPS) is 22.2. The number of benzene rings is 1. The summed E-state index contributed by atoms with van der Waals surface area (Å²) in [4.78, 5) is 26.1. The molecule has 126 valence electrons. The first-order valence-electron chi connectivity index (χ1n) is 7.98. The average Bonchev–Trinajstić information content (AvgIpc) is 3.00. The Kier molecular flexibility index (Phi) is 4.97. The molecule has 2 unspecified atom stereocenters. The van der Waals surface area contributed by atoms with E-state index in [1.54, 1.807) is 12.0 Å². The van der Waals surface area contributed by atoms with Crippen LogP contribution >= 0.6 is 0 Å². The highest BCUT2D eigenvalue weighted by molar-refractivity contribution is 5.85. The van der Waals surface area contributed by atoms with Crippen molar-refractivity contribution < 1.29 is 19.4 Å². The monoisotopic (exact) mass is 319 g/mol. The lowest BCUT2D eigenvalue weighted by Crippen LogP contribution is -2.41.